The Bertz CT molecular complexity index is 162. The summed E-state index contributed by atoms with van der Waals surface area (Å²) in [4.78, 5) is 51.3. The van der Waals surface area contributed by atoms with E-state index < -0.39 is 15.6 Å². The van der Waals surface area contributed by atoms with Crippen LogP contribution in [0.2, 0.25) is 0 Å². The predicted octanol–water partition coefficient (Wildman–Crippen LogP) is -6.01. The molecular formula is O11P2Zr3. The van der Waals surface area contributed by atoms with Crippen LogP contribution >= 0.6 is 15.6 Å². The second-order valence-corrected chi connectivity index (χ2v) is 2.68. The summed E-state index contributed by atoms with van der Waals surface area (Å²) in [7, 11) is -10.8. The van der Waals surface area contributed by atoms with Gasteiger partial charge in [-0.2, -0.15) is 15.6 Å². The maximum absolute atomic E-state index is 8.55. The van der Waals surface area contributed by atoms with Crippen molar-refractivity contribution in [3.8, 4) is 0 Å². The van der Waals surface area contributed by atoms with Crippen molar-refractivity contribution in [3.05, 3.63) is 0 Å². The SMILES string of the molecule is O=P([O-])([O-])[O-].O=P([O-])([O-])[O-].[O]=[Zr+2].[O]=[Zr+2].[O]=[Zr+2]. The molecule has 0 aromatic rings. The molecule has 0 aliphatic rings. The number of hydrogen-bond donors (Lipinski definition) is 0. The Morgan fingerprint density at radius 3 is 0.500 bits per heavy atom. The Morgan fingerprint density at radius 2 is 0.500 bits per heavy atom. The van der Waals surface area contributed by atoms with E-state index in [1.54, 1.807) is 0 Å². The average Bonchev–Trinajstić information content (AvgIpc) is 2.08. The van der Waals surface area contributed by atoms with Gasteiger partial charge in [0.25, 0.3) is 0 Å². The molecule has 0 aliphatic heterocycles. The van der Waals surface area contributed by atoms with E-state index in [4.69, 9.17) is 46.9 Å². The van der Waals surface area contributed by atoms with Crippen LogP contribution in [0.15, 0.2) is 0 Å². The quantitative estimate of drug-likeness (QED) is 0.278. The summed E-state index contributed by atoms with van der Waals surface area (Å²) in [5, 5.41) is 0. The number of phosphoric acid groups is 2. The summed E-state index contributed by atoms with van der Waals surface area (Å²) in [5.41, 5.74) is 0. The molecule has 0 aliphatic carbocycles. The molecule has 0 atom stereocenters. The van der Waals surface area contributed by atoms with Crippen LogP contribution in [-0.2, 0) is 91.7 Å². The third-order valence-corrected chi connectivity index (χ3v) is 0. The van der Waals surface area contributed by atoms with Crippen molar-refractivity contribution in [2.24, 2.45) is 0 Å². The van der Waals surface area contributed by atoms with Crippen molar-refractivity contribution in [1.82, 2.24) is 0 Å². The van der Waals surface area contributed by atoms with Gasteiger partial charge in [-0.15, -0.1) is 0 Å². The van der Waals surface area contributed by atoms with Gasteiger partial charge in [0.05, 0.1) is 0 Å². The van der Waals surface area contributed by atoms with Crippen LogP contribution < -0.4 is 29.4 Å². The molecule has 0 heterocycles. The second kappa shape index (κ2) is 22.4. The monoisotopic (exact) mass is 508 g/mol. The molecule has 0 rings (SSSR count). The molecule has 0 saturated heterocycles. The van der Waals surface area contributed by atoms with Gasteiger partial charge in [0.15, 0.2) is 0 Å². The fraction of sp³-hybridized carbons (Fsp3) is 0. The molecule has 0 aromatic heterocycles. The van der Waals surface area contributed by atoms with Crippen molar-refractivity contribution in [1.29, 1.82) is 0 Å². The summed E-state index contributed by atoms with van der Waals surface area (Å²) in [6.45, 7) is 0. The zero-order valence-electron chi connectivity index (χ0n) is 6.89. The molecule has 0 amide bonds. The van der Waals surface area contributed by atoms with Gasteiger partial charge in [-0.1, -0.05) is 0 Å². The van der Waals surface area contributed by atoms with E-state index >= 15 is 0 Å². The Kier molecular flexibility index (Phi) is 43.4. The van der Waals surface area contributed by atoms with E-state index in [2.05, 4.69) is 0 Å². The van der Waals surface area contributed by atoms with Gasteiger partial charge < -0.3 is 38.5 Å². The number of hydrogen-bond acceptors (Lipinski definition) is 11. The van der Waals surface area contributed by atoms with E-state index in [0.29, 0.717) is 74.2 Å². The first-order chi connectivity index (χ1) is 7.00. The molecule has 16 heavy (non-hydrogen) atoms. The van der Waals surface area contributed by atoms with Gasteiger partial charge >= 0.3 is 82.6 Å². The first-order valence-corrected chi connectivity index (χ1v) is 8.00. The third kappa shape index (κ3) is 737. The Labute approximate surface area is 135 Å². The molecule has 16 heteroatoms. The van der Waals surface area contributed by atoms with Gasteiger partial charge in [-0.3, -0.25) is 0 Å². The molecule has 88 valence electrons. The predicted molar refractivity (Wildman–Crippen MR) is 17.3 cm³/mol. The third-order valence-electron chi connectivity index (χ3n) is 0. The van der Waals surface area contributed by atoms with E-state index in [0.717, 1.165) is 0 Å². The van der Waals surface area contributed by atoms with Crippen molar-refractivity contribution in [2.75, 3.05) is 0 Å². The van der Waals surface area contributed by atoms with Crippen LogP contribution in [0, 0.1) is 0 Å². The van der Waals surface area contributed by atoms with Crippen molar-refractivity contribution < 1.29 is 121 Å². The zero-order valence-corrected chi connectivity index (χ0v) is 16.0. The van der Waals surface area contributed by atoms with Crippen LogP contribution in [0.5, 0.6) is 0 Å². The van der Waals surface area contributed by atoms with E-state index in [1.807, 2.05) is 0 Å². The van der Waals surface area contributed by atoms with E-state index in [-0.39, 0.29) is 0 Å². The molecule has 0 bridgehead atoms. The Morgan fingerprint density at radius 1 is 0.500 bits per heavy atom. The first kappa shape index (κ1) is 30.9. The molecule has 11 nitrogen and oxygen atoms in total. The molecule has 0 radical (unpaired) electrons. The van der Waals surface area contributed by atoms with Gasteiger partial charge in [-0.05, 0) is 0 Å². The van der Waals surface area contributed by atoms with Crippen molar-refractivity contribution >= 4 is 15.6 Å². The van der Waals surface area contributed by atoms with E-state index in [9.17, 15) is 0 Å². The van der Waals surface area contributed by atoms with Gasteiger partial charge in [-0.25, -0.2) is 0 Å². The average molecular weight is 512 g/mol. The topological polar surface area (TPSA) is 224 Å². The van der Waals surface area contributed by atoms with Crippen LogP contribution in [0.4, 0.5) is 0 Å². The molecule has 0 fully saturated rings. The fourth-order valence-corrected chi connectivity index (χ4v) is 0. The van der Waals surface area contributed by atoms with Crippen LogP contribution in [0.25, 0.3) is 0 Å². The van der Waals surface area contributed by atoms with Gasteiger partial charge in [0.2, 0.25) is 0 Å². The fourth-order valence-electron chi connectivity index (χ4n) is 0. The normalized spacial score (nSPS) is 8.50. The van der Waals surface area contributed by atoms with Gasteiger partial charge in [0.1, 0.15) is 0 Å². The van der Waals surface area contributed by atoms with Crippen LogP contribution in [0.3, 0.4) is 0 Å². The van der Waals surface area contributed by atoms with Crippen LogP contribution in [-0.4, -0.2) is 0 Å². The second-order valence-electron chi connectivity index (χ2n) is 0.894. The van der Waals surface area contributed by atoms with Crippen LogP contribution in [0.1, 0.15) is 0 Å². The maximum atomic E-state index is 8.55. The Balaban J connectivity index is -0.0000000345. The molecule has 0 N–H and O–H groups in total. The summed E-state index contributed by atoms with van der Waals surface area (Å²) < 4.78 is 42.1. The Hall–Kier alpha value is 2.27. The first-order valence-electron chi connectivity index (χ1n) is 2.07. The zero-order chi connectivity index (χ0) is 15.0. The summed E-state index contributed by atoms with van der Waals surface area (Å²) in [6, 6.07) is 0. The summed E-state index contributed by atoms with van der Waals surface area (Å²) >= 11 is 0.900. The van der Waals surface area contributed by atoms with E-state index in [1.165, 1.54) is 0 Å². The molecule has 0 saturated carbocycles. The molecule has 0 aromatic carbocycles. The molecular weight excluding hydrogens is 512 g/mol. The minimum atomic E-state index is -5.39. The standard InChI is InChI=1S/2H3O4P.3O.3Zr/c2*1-5(2,3)4;;;;;;/h2*(H3,1,2,3,4);;;;;;/q;;;;;3*+2/p-6. The van der Waals surface area contributed by atoms with Gasteiger partial charge in [0, 0.05) is 0 Å². The summed E-state index contributed by atoms with van der Waals surface area (Å²) in [6.07, 6.45) is 0. The molecule has 0 spiro atoms. The van der Waals surface area contributed by atoms with Crippen molar-refractivity contribution in [3.63, 3.8) is 0 Å². The number of rotatable bonds is 0. The van der Waals surface area contributed by atoms with Crippen molar-refractivity contribution in [2.45, 2.75) is 0 Å². The molecule has 0 unspecified atom stereocenters. The minimum absolute atomic E-state index is 0.300. The summed E-state index contributed by atoms with van der Waals surface area (Å²) in [5.74, 6) is 0.